The Hall–Kier alpha value is -0.260. The zero-order valence-corrected chi connectivity index (χ0v) is 15.6. The molecule has 1 aliphatic carbocycles. The van der Waals surface area contributed by atoms with Crippen LogP contribution < -0.4 is 0 Å². The molecule has 0 aliphatic heterocycles. The van der Waals surface area contributed by atoms with Crippen LogP contribution in [0.1, 0.15) is 76.7 Å². The van der Waals surface area contributed by atoms with E-state index in [1.54, 1.807) is 0 Å². The summed E-state index contributed by atoms with van der Waals surface area (Å²) >= 11 is 9.11. The Morgan fingerprint density at radius 1 is 1.29 bits per heavy atom. The van der Waals surface area contributed by atoms with Crippen molar-refractivity contribution >= 4 is 28.1 Å². The first kappa shape index (κ1) is 17.1. The van der Waals surface area contributed by atoms with Crippen molar-refractivity contribution in [2.45, 2.75) is 70.8 Å². The number of halogens is 1. The molecule has 1 saturated carbocycles. The molecule has 0 amide bonds. The lowest BCUT2D eigenvalue weighted by atomic mass is 9.95. The first-order chi connectivity index (χ1) is 10.1. The number of hydrogen-bond donors (Lipinski definition) is 1. The van der Waals surface area contributed by atoms with Crippen LogP contribution in [0.2, 0.25) is 0 Å². The van der Waals surface area contributed by atoms with Crippen LogP contribution in [0.15, 0.2) is 4.47 Å². The Balaban J connectivity index is 2.51. The van der Waals surface area contributed by atoms with Crippen molar-refractivity contribution in [3.05, 3.63) is 20.6 Å². The predicted molar refractivity (Wildman–Crippen MR) is 92.2 cm³/mol. The third-order valence-electron chi connectivity index (χ3n) is 4.65. The number of nitrogens with zero attached hydrogens (tertiary/aromatic N) is 1. The second-order valence-corrected chi connectivity index (χ2v) is 6.91. The summed E-state index contributed by atoms with van der Waals surface area (Å²) in [4.78, 5) is 8.20. The molecule has 1 heterocycles. The summed E-state index contributed by atoms with van der Waals surface area (Å²) in [5.41, 5.74) is 0.865. The van der Waals surface area contributed by atoms with Crippen LogP contribution in [-0.4, -0.2) is 16.6 Å². The first-order valence-corrected chi connectivity index (χ1v) is 9.22. The topological polar surface area (TPSA) is 37.9 Å². The Morgan fingerprint density at radius 3 is 2.43 bits per heavy atom. The highest BCUT2D eigenvalue weighted by Gasteiger charge is 2.33. The van der Waals surface area contributed by atoms with Gasteiger partial charge in [-0.05, 0) is 48.5 Å². The van der Waals surface area contributed by atoms with E-state index in [0.717, 1.165) is 23.1 Å². The summed E-state index contributed by atoms with van der Waals surface area (Å²) in [6.45, 7) is 7.01. The Labute approximate surface area is 141 Å². The zero-order chi connectivity index (χ0) is 15.5. The minimum atomic E-state index is -0.351. The van der Waals surface area contributed by atoms with E-state index in [0.29, 0.717) is 17.2 Å². The molecule has 21 heavy (non-hydrogen) atoms. The number of aromatic amines is 1. The fourth-order valence-electron chi connectivity index (χ4n) is 3.32. The van der Waals surface area contributed by atoms with Gasteiger partial charge in [-0.3, -0.25) is 0 Å². The van der Waals surface area contributed by atoms with Gasteiger partial charge in [-0.2, -0.15) is 0 Å². The van der Waals surface area contributed by atoms with Gasteiger partial charge in [0, 0.05) is 18.2 Å². The van der Waals surface area contributed by atoms with Crippen molar-refractivity contribution in [1.82, 2.24) is 9.97 Å². The number of hydrogen-bond acceptors (Lipinski definition) is 3. The molecule has 0 atom stereocenters. The van der Waals surface area contributed by atoms with Crippen molar-refractivity contribution in [2.24, 2.45) is 0 Å². The van der Waals surface area contributed by atoms with Crippen molar-refractivity contribution in [2.75, 3.05) is 6.61 Å². The van der Waals surface area contributed by atoms with Gasteiger partial charge < -0.3 is 9.72 Å². The zero-order valence-electron chi connectivity index (χ0n) is 13.2. The van der Waals surface area contributed by atoms with Crippen LogP contribution in [0.5, 0.6) is 0 Å². The largest absolute Gasteiger partial charge is 0.367 e. The number of aromatic nitrogens is 2. The Bertz CT molecular complexity index is 534. The quantitative estimate of drug-likeness (QED) is 0.659. The smallest absolute Gasteiger partial charge is 0.144 e. The number of nitrogens with one attached hydrogen (secondary N) is 1. The molecule has 1 aromatic heterocycles. The van der Waals surface area contributed by atoms with E-state index >= 15 is 0 Å². The molecule has 0 aromatic carbocycles. The second-order valence-electron chi connectivity index (χ2n) is 5.73. The molecule has 1 aliphatic rings. The monoisotopic (exact) mass is 372 g/mol. The highest BCUT2D eigenvalue weighted by atomic mass is 79.9. The summed E-state index contributed by atoms with van der Waals surface area (Å²) in [6, 6.07) is 0. The molecular weight excluding hydrogens is 348 g/mol. The van der Waals surface area contributed by atoms with E-state index in [4.69, 9.17) is 17.0 Å². The van der Waals surface area contributed by atoms with Gasteiger partial charge in [-0.25, -0.2) is 4.98 Å². The molecule has 1 aromatic rings. The van der Waals surface area contributed by atoms with Gasteiger partial charge in [0.05, 0.1) is 4.47 Å². The molecule has 118 valence electrons. The molecule has 0 unspecified atom stereocenters. The van der Waals surface area contributed by atoms with Gasteiger partial charge in [0.2, 0.25) is 0 Å². The van der Waals surface area contributed by atoms with Gasteiger partial charge in [-0.1, -0.05) is 38.9 Å². The number of rotatable bonds is 6. The second kappa shape index (κ2) is 7.34. The van der Waals surface area contributed by atoms with Crippen LogP contribution >= 0.6 is 28.1 Å². The van der Waals surface area contributed by atoms with E-state index in [-0.39, 0.29) is 5.60 Å². The summed E-state index contributed by atoms with van der Waals surface area (Å²) in [6.07, 6.45) is 6.84. The average molecular weight is 373 g/mol. The summed E-state index contributed by atoms with van der Waals surface area (Å²) < 4.78 is 7.68. The number of ether oxygens (including phenoxy) is 1. The standard InChI is InChI=1S/C16H25BrN2OS/c1-4-16(5-2,20-6-3)15-18-13(11-9-7-8-10-11)12(17)14(21)19-15/h11H,4-10H2,1-3H3,(H,18,19,21). The van der Waals surface area contributed by atoms with Gasteiger partial charge >= 0.3 is 0 Å². The van der Waals surface area contributed by atoms with E-state index in [2.05, 4.69) is 39.7 Å². The molecule has 0 radical (unpaired) electrons. The molecular formula is C16H25BrN2OS. The molecule has 1 fully saturated rings. The molecule has 1 N–H and O–H groups in total. The van der Waals surface area contributed by atoms with Crippen LogP contribution in [0.3, 0.4) is 0 Å². The van der Waals surface area contributed by atoms with Crippen LogP contribution in [0, 0.1) is 4.64 Å². The highest BCUT2D eigenvalue weighted by molar-refractivity contribution is 9.10. The summed E-state index contributed by atoms with van der Waals surface area (Å²) in [5.74, 6) is 1.46. The molecule has 0 bridgehead atoms. The maximum Gasteiger partial charge on any atom is 0.144 e. The normalized spacial score (nSPS) is 16.6. The molecule has 5 heteroatoms. The summed E-state index contributed by atoms with van der Waals surface area (Å²) in [7, 11) is 0. The van der Waals surface area contributed by atoms with Crippen LogP contribution in [0.25, 0.3) is 0 Å². The Morgan fingerprint density at radius 2 is 1.90 bits per heavy atom. The van der Waals surface area contributed by atoms with Crippen LogP contribution in [0.4, 0.5) is 0 Å². The lowest BCUT2D eigenvalue weighted by Gasteiger charge is -2.31. The minimum Gasteiger partial charge on any atom is -0.367 e. The van der Waals surface area contributed by atoms with Gasteiger partial charge in [0.1, 0.15) is 16.1 Å². The SMILES string of the molecule is CCOC(CC)(CC)c1nc(=S)c(Br)c(C2CCCC2)[nH]1. The lowest BCUT2D eigenvalue weighted by molar-refractivity contribution is -0.0574. The third kappa shape index (κ3) is 3.40. The maximum atomic E-state index is 6.07. The van der Waals surface area contributed by atoms with Crippen molar-refractivity contribution < 1.29 is 4.74 Å². The van der Waals surface area contributed by atoms with Gasteiger partial charge in [0.15, 0.2) is 0 Å². The van der Waals surface area contributed by atoms with Crippen LogP contribution in [-0.2, 0) is 10.3 Å². The minimum absolute atomic E-state index is 0.351. The number of H-pyrrole nitrogens is 1. The van der Waals surface area contributed by atoms with Crippen molar-refractivity contribution in [1.29, 1.82) is 0 Å². The highest BCUT2D eigenvalue weighted by Crippen LogP contribution is 2.39. The lowest BCUT2D eigenvalue weighted by Crippen LogP contribution is -2.31. The average Bonchev–Trinajstić information content (AvgIpc) is 3.01. The summed E-state index contributed by atoms with van der Waals surface area (Å²) in [5, 5.41) is 0. The fraction of sp³-hybridized carbons (Fsp3) is 0.750. The van der Waals surface area contributed by atoms with Gasteiger partial charge in [-0.15, -0.1) is 0 Å². The maximum absolute atomic E-state index is 6.07. The predicted octanol–water partition coefficient (Wildman–Crippen LogP) is 5.61. The van der Waals surface area contributed by atoms with Gasteiger partial charge in [0.25, 0.3) is 0 Å². The molecule has 0 saturated heterocycles. The van der Waals surface area contributed by atoms with E-state index in [1.165, 1.54) is 31.4 Å². The first-order valence-electron chi connectivity index (χ1n) is 8.02. The van der Waals surface area contributed by atoms with Crippen molar-refractivity contribution in [3.63, 3.8) is 0 Å². The van der Waals surface area contributed by atoms with E-state index < -0.39 is 0 Å². The van der Waals surface area contributed by atoms with Crippen molar-refractivity contribution in [3.8, 4) is 0 Å². The fourth-order valence-corrected chi connectivity index (χ4v) is 4.03. The Kier molecular flexibility index (Phi) is 5.97. The van der Waals surface area contributed by atoms with E-state index in [9.17, 15) is 0 Å². The van der Waals surface area contributed by atoms with E-state index in [1.807, 2.05) is 6.92 Å². The third-order valence-corrected chi connectivity index (χ3v) is 6.01. The molecule has 2 rings (SSSR count). The molecule has 3 nitrogen and oxygen atoms in total. The molecule has 0 spiro atoms.